The van der Waals surface area contributed by atoms with Crippen LogP contribution < -0.4 is 0 Å². The lowest BCUT2D eigenvalue weighted by atomic mass is 10.2. The molecule has 0 aromatic rings. The van der Waals surface area contributed by atoms with Crippen molar-refractivity contribution in [3.05, 3.63) is 0 Å². The van der Waals surface area contributed by atoms with Crippen molar-refractivity contribution in [3.8, 4) is 0 Å². The van der Waals surface area contributed by atoms with Crippen LogP contribution >= 0.6 is 0 Å². The summed E-state index contributed by atoms with van der Waals surface area (Å²) in [7, 11) is 0. The third kappa shape index (κ3) is 8.97. The van der Waals surface area contributed by atoms with Crippen molar-refractivity contribution in [2.45, 2.75) is 45.8 Å². The predicted octanol–water partition coefficient (Wildman–Crippen LogP) is 2.60. The van der Waals surface area contributed by atoms with Crippen molar-refractivity contribution >= 4 is 5.97 Å². The molecule has 0 aromatic carbocycles. The number of rotatable bonds is 7. The summed E-state index contributed by atoms with van der Waals surface area (Å²) in [4.78, 5) is 12.9. The van der Waals surface area contributed by atoms with E-state index in [2.05, 4.69) is 0 Å². The summed E-state index contributed by atoms with van der Waals surface area (Å²) in [5.41, 5.74) is 0. The first-order valence-electron chi connectivity index (χ1n) is 5.72. The number of nitrogens with zero attached hydrogens (tertiary/aromatic N) is 1. The Hall–Kier alpha value is -0.780. The van der Waals surface area contributed by atoms with E-state index in [-0.39, 0.29) is 32.2 Å². The summed E-state index contributed by atoms with van der Waals surface area (Å²) in [6.07, 6.45) is -4.95. The Bertz CT molecular complexity index is 229. The summed E-state index contributed by atoms with van der Waals surface area (Å²) in [5, 5.41) is 0. The molecule has 0 aliphatic carbocycles. The molecule has 0 atom stereocenters. The minimum absolute atomic E-state index is 0.00108. The van der Waals surface area contributed by atoms with E-state index in [4.69, 9.17) is 4.74 Å². The molecule has 0 unspecified atom stereocenters. The standard InChI is InChI=1S/C11H20F3NO2/c1-4-17-10(16)8-15(9(2)3)7-5-6-11(12,13)14/h9H,4-8H2,1-3H3. The van der Waals surface area contributed by atoms with Crippen molar-refractivity contribution < 1.29 is 22.7 Å². The molecule has 0 aliphatic heterocycles. The second kappa shape index (κ2) is 7.53. The van der Waals surface area contributed by atoms with Gasteiger partial charge in [-0.05, 0) is 33.7 Å². The van der Waals surface area contributed by atoms with Gasteiger partial charge in [-0.25, -0.2) is 0 Å². The molecule has 0 bridgehead atoms. The molecule has 102 valence electrons. The smallest absolute Gasteiger partial charge is 0.389 e. The number of ether oxygens (including phenoxy) is 1. The fraction of sp³-hybridized carbons (Fsp3) is 0.909. The summed E-state index contributed by atoms with van der Waals surface area (Å²) in [6.45, 7) is 5.95. The number of halogens is 3. The summed E-state index contributed by atoms with van der Waals surface area (Å²) in [6, 6.07) is 0.0210. The largest absolute Gasteiger partial charge is 0.465 e. The normalized spacial score (nSPS) is 12.2. The second-order valence-electron chi connectivity index (χ2n) is 4.09. The van der Waals surface area contributed by atoms with Gasteiger partial charge in [0.15, 0.2) is 0 Å². The van der Waals surface area contributed by atoms with Crippen molar-refractivity contribution in [2.24, 2.45) is 0 Å². The maximum atomic E-state index is 12.0. The Morgan fingerprint density at radius 3 is 2.35 bits per heavy atom. The van der Waals surface area contributed by atoms with Crippen LogP contribution in [0.5, 0.6) is 0 Å². The van der Waals surface area contributed by atoms with Gasteiger partial charge in [-0.3, -0.25) is 9.69 Å². The number of hydrogen-bond acceptors (Lipinski definition) is 3. The molecule has 0 saturated carbocycles. The van der Waals surface area contributed by atoms with Gasteiger partial charge >= 0.3 is 12.1 Å². The van der Waals surface area contributed by atoms with Gasteiger partial charge in [0, 0.05) is 12.5 Å². The minimum atomic E-state index is -4.13. The summed E-state index contributed by atoms with van der Waals surface area (Å²) < 4.78 is 40.7. The van der Waals surface area contributed by atoms with Gasteiger partial charge in [0.25, 0.3) is 0 Å². The third-order valence-corrected chi connectivity index (χ3v) is 2.27. The van der Waals surface area contributed by atoms with Crippen molar-refractivity contribution in [1.82, 2.24) is 4.90 Å². The SMILES string of the molecule is CCOC(=O)CN(CCCC(F)(F)F)C(C)C. The molecule has 3 nitrogen and oxygen atoms in total. The van der Waals surface area contributed by atoms with Gasteiger partial charge in [0.2, 0.25) is 0 Å². The average Bonchev–Trinajstić information content (AvgIpc) is 2.14. The van der Waals surface area contributed by atoms with Gasteiger partial charge in [0.05, 0.1) is 13.2 Å². The van der Waals surface area contributed by atoms with Gasteiger partial charge in [-0.2, -0.15) is 13.2 Å². The van der Waals surface area contributed by atoms with Crippen molar-refractivity contribution in [1.29, 1.82) is 0 Å². The van der Waals surface area contributed by atoms with E-state index < -0.39 is 18.6 Å². The number of esters is 1. The minimum Gasteiger partial charge on any atom is -0.465 e. The van der Waals surface area contributed by atoms with Crippen molar-refractivity contribution in [2.75, 3.05) is 19.7 Å². The highest BCUT2D eigenvalue weighted by Gasteiger charge is 2.27. The lowest BCUT2D eigenvalue weighted by Gasteiger charge is -2.25. The zero-order valence-corrected chi connectivity index (χ0v) is 10.5. The highest BCUT2D eigenvalue weighted by molar-refractivity contribution is 5.71. The fourth-order valence-corrected chi connectivity index (χ4v) is 1.37. The van der Waals surface area contributed by atoms with Crippen LogP contribution in [-0.2, 0) is 9.53 Å². The first-order chi connectivity index (χ1) is 7.76. The fourth-order valence-electron chi connectivity index (χ4n) is 1.37. The molecule has 0 aromatic heterocycles. The monoisotopic (exact) mass is 255 g/mol. The van der Waals surface area contributed by atoms with E-state index in [0.717, 1.165) is 0 Å². The van der Waals surface area contributed by atoms with Crippen LogP contribution in [0, 0.1) is 0 Å². The van der Waals surface area contributed by atoms with Gasteiger partial charge in [0.1, 0.15) is 0 Å². The molecule has 6 heteroatoms. The number of carbonyl (C=O) groups is 1. The molecule has 0 spiro atoms. The Balaban J connectivity index is 4.03. The zero-order chi connectivity index (χ0) is 13.5. The molecular formula is C11H20F3NO2. The van der Waals surface area contributed by atoms with Gasteiger partial charge < -0.3 is 4.74 Å². The average molecular weight is 255 g/mol. The molecule has 0 fully saturated rings. The van der Waals surface area contributed by atoms with E-state index in [1.54, 1.807) is 11.8 Å². The van der Waals surface area contributed by atoms with Crippen molar-refractivity contribution in [3.63, 3.8) is 0 Å². The Morgan fingerprint density at radius 2 is 1.94 bits per heavy atom. The Labute approximate surface area is 99.9 Å². The van der Waals surface area contributed by atoms with Crippen LogP contribution in [-0.4, -0.2) is 42.8 Å². The molecule has 0 aliphatic rings. The van der Waals surface area contributed by atoms with E-state index in [1.807, 2.05) is 13.8 Å². The highest BCUT2D eigenvalue weighted by Crippen LogP contribution is 2.21. The van der Waals surface area contributed by atoms with E-state index >= 15 is 0 Å². The lowest BCUT2D eigenvalue weighted by Crippen LogP contribution is -2.37. The molecule has 17 heavy (non-hydrogen) atoms. The quantitative estimate of drug-likeness (QED) is 0.655. The molecule has 0 saturated heterocycles. The maximum absolute atomic E-state index is 12.0. The molecule has 0 amide bonds. The molecule has 0 N–H and O–H groups in total. The topological polar surface area (TPSA) is 29.5 Å². The van der Waals surface area contributed by atoms with E-state index in [1.165, 1.54) is 0 Å². The number of carbonyl (C=O) groups excluding carboxylic acids is 1. The highest BCUT2D eigenvalue weighted by atomic mass is 19.4. The number of hydrogen-bond donors (Lipinski definition) is 0. The molecule has 0 rings (SSSR count). The first-order valence-corrected chi connectivity index (χ1v) is 5.72. The van der Waals surface area contributed by atoms with Crippen LogP contribution in [0.15, 0.2) is 0 Å². The van der Waals surface area contributed by atoms with E-state index in [0.29, 0.717) is 0 Å². The second-order valence-corrected chi connectivity index (χ2v) is 4.09. The number of alkyl halides is 3. The molecular weight excluding hydrogens is 235 g/mol. The Kier molecular flexibility index (Phi) is 7.18. The lowest BCUT2D eigenvalue weighted by molar-refractivity contribution is -0.145. The zero-order valence-electron chi connectivity index (χ0n) is 10.5. The van der Waals surface area contributed by atoms with Crippen LogP contribution in [0.1, 0.15) is 33.6 Å². The summed E-state index contributed by atoms with van der Waals surface area (Å²) in [5.74, 6) is -0.395. The van der Waals surface area contributed by atoms with E-state index in [9.17, 15) is 18.0 Å². The molecule has 0 radical (unpaired) electrons. The van der Waals surface area contributed by atoms with Gasteiger partial charge in [-0.15, -0.1) is 0 Å². The Morgan fingerprint density at radius 1 is 1.35 bits per heavy atom. The van der Waals surface area contributed by atoms with Gasteiger partial charge in [-0.1, -0.05) is 0 Å². The van der Waals surface area contributed by atoms with Crippen LogP contribution in [0.2, 0.25) is 0 Å². The first kappa shape index (κ1) is 16.2. The predicted molar refractivity (Wildman–Crippen MR) is 58.6 cm³/mol. The third-order valence-electron chi connectivity index (χ3n) is 2.27. The molecule has 0 heterocycles. The van der Waals surface area contributed by atoms with Crippen LogP contribution in [0.4, 0.5) is 13.2 Å². The van der Waals surface area contributed by atoms with Crippen LogP contribution in [0.3, 0.4) is 0 Å². The maximum Gasteiger partial charge on any atom is 0.389 e. The van der Waals surface area contributed by atoms with Crippen LogP contribution in [0.25, 0.3) is 0 Å². The summed E-state index contributed by atoms with van der Waals surface area (Å²) >= 11 is 0.